The van der Waals surface area contributed by atoms with Gasteiger partial charge < -0.3 is 0 Å². The van der Waals surface area contributed by atoms with Crippen LogP contribution in [0.4, 0.5) is 0 Å². The molecule has 0 amide bonds. The second-order valence-electron chi connectivity index (χ2n) is 7.05. The largest absolute Gasteiger partial charge is 0.299 e. The van der Waals surface area contributed by atoms with Crippen molar-refractivity contribution in [1.29, 1.82) is 0 Å². The molecule has 3 aliphatic carbocycles. The summed E-state index contributed by atoms with van der Waals surface area (Å²) in [7, 11) is 0. The standard InChI is InChI=1S/C18H24O.CH4/c1-4-18-10-6-5-7-16(18)17(3)11-9-15(19)13(2)14(17)8-12-18;/h1,7,13-14H,5-6,8-12H2,2-3H3;1H4/t13?,14-,17?,18?;/m0./s1. The molecule has 3 rings (SSSR count). The van der Waals surface area contributed by atoms with Gasteiger partial charge >= 0.3 is 0 Å². The number of rotatable bonds is 0. The van der Waals surface area contributed by atoms with Crippen molar-refractivity contribution in [2.75, 3.05) is 0 Å². The number of carbonyl (C=O) groups excluding carboxylic acids is 1. The molecular formula is C19H28O. The second kappa shape index (κ2) is 5.06. The fraction of sp³-hybridized carbons (Fsp3) is 0.737. The highest BCUT2D eigenvalue weighted by Crippen LogP contribution is 2.62. The highest BCUT2D eigenvalue weighted by Gasteiger charge is 2.55. The first-order valence-corrected chi connectivity index (χ1v) is 7.75. The van der Waals surface area contributed by atoms with Gasteiger partial charge in [-0.15, -0.1) is 6.42 Å². The van der Waals surface area contributed by atoms with E-state index in [9.17, 15) is 4.79 Å². The van der Waals surface area contributed by atoms with Crippen LogP contribution in [0.2, 0.25) is 0 Å². The van der Waals surface area contributed by atoms with Crippen LogP contribution in [0.1, 0.15) is 66.2 Å². The molecule has 0 radical (unpaired) electrons. The van der Waals surface area contributed by atoms with E-state index in [2.05, 4.69) is 25.8 Å². The predicted octanol–water partition coefficient (Wildman–Crippen LogP) is 4.77. The van der Waals surface area contributed by atoms with Gasteiger partial charge in [0.25, 0.3) is 0 Å². The summed E-state index contributed by atoms with van der Waals surface area (Å²) < 4.78 is 0. The van der Waals surface area contributed by atoms with Crippen molar-refractivity contribution in [3.63, 3.8) is 0 Å². The Labute approximate surface area is 124 Å². The van der Waals surface area contributed by atoms with Crippen LogP contribution in [-0.4, -0.2) is 5.78 Å². The summed E-state index contributed by atoms with van der Waals surface area (Å²) in [4.78, 5) is 12.0. The number of Topliss-reactive ketones (excluding diaryl/α,β-unsaturated/α-hetero) is 1. The van der Waals surface area contributed by atoms with Gasteiger partial charge in [-0.3, -0.25) is 4.79 Å². The average molecular weight is 272 g/mol. The van der Waals surface area contributed by atoms with E-state index < -0.39 is 0 Å². The predicted molar refractivity (Wildman–Crippen MR) is 84.2 cm³/mol. The first kappa shape index (κ1) is 15.4. The van der Waals surface area contributed by atoms with Gasteiger partial charge in [0.2, 0.25) is 0 Å². The molecular weight excluding hydrogens is 244 g/mol. The summed E-state index contributed by atoms with van der Waals surface area (Å²) >= 11 is 0. The molecule has 1 nitrogen and oxygen atoms in total. The minimum absolute atomic E-state index is 0. The van der Waals surface area contributed by atoms with E-state index in [1.165, 1.54) is 18.4 Å². The molecule has 0 spiro atoms. The van der Waals surface area contributed by atoms with Crippen LogP contribution in [-0.2, 0) is 4.79 Å². The molecule has 3 aliphatic rings. The lowest BCUT2D eigenvalue weighted by Gasteiger charge is -2.56. The molecule has 2 fully saturated rings. The molecule has 0 aromatic rings. The Balaban J connectivity index is 0.00000147. The molecule has 20 heavy (non-hydrogen) atoms. The van der Waals surface area contributed by atoms with Crippen LogP contribution in [0.3, 0.4) is 0 Å². The van der Waals surface area contributed by atoms with Crippen molar-refractivity contribution in [3.05, 3.63) is 11.6 Å². The van der Waals surface area contributed by atoms with Gasteiger partial charge in [0, 0.05) is 12.3 Å². The molecule has 1 heteroatoms. The summed E-state index contributed by atoms with van der Waals surface area (Å²) in [6, 6.07) is 0. The maximum absolute atomic E-state index is 12.0. The fourth-order valence-corrected chi connectivity index (χ4v) is 5.12. The molecule has 110 valence electrons. The average Bonchev–Trinajstić information content (AvgIpc) is 2.43. The van der Waals surface area contributed by atoms with E-state index in [4.69, 9.17) is 6.42 Å². The topological polar surface area (TPSA) is 17.1 Å². The summed E-state index contributed by atoms with van der Waals surface area (Å²) in [5.41, 5.74) is 1.71. The second-order valence-corrected chi connectivity index (χ2v) is 7.05. The van der Waals surface area contributed by atoms with E-state index in [0.717, 1.165) is 32.1 Å². The van der Waals surface area contributed by atoms with Crippen LogP contribution in [0.25, 0.3) is 0 Å². The number of carbonyl (C=O) groups is 1. The molecule has 4 atom stereocenters. The number of ketones is 1. The molecule has 2 saturated carbocycles. The third-order valence-electron chi connectivity index (χ3n) is 6.27. The van der Waals surface area contributed by atoms with Gasteiger partial charge in [-0.05, 0) is 55.4 Å². The number of allylic oxidation sites excluding steroid dienone is 2. The highest BCUT2D eigenvalue weighted by atomic mass is 16.1. The Morgan fingerprint density at radius 3 is 2.80 bits per heavy atom. The van der Waals surface area contributed by atoms with Gasteiger partial charge in [-0.1, -0.05) is 33.3 Å². The zero-order chi connectivity index (χ0) is 13.7. The van der Waals surface area contributed by atoms with Crippen molar-refractivity contribution < 1.29 is 4.79 Å². The zero-order valence-electron chi connectivity index (χ0n) is 12.2. The van der Waals surface area contributed by atoms with Gasteiger partial charge in [0.15, 0.2) is 0 Å². The molecule has 0 saturated heterocycles. The van der Waals surface area contributed by atoms with Crippen LogP contribution in [0.15, 0.2) is 11.6 Å². The number of hydrogen-bond acceptors (Lipinski definition) is 1. The molecule has 0 N–H and O–H groups in total. The lowest BCUT2D eigenvalue weighted by molar-refractivity contribution is -0.131. The van der Waals surface area contributed by atoms with Crippen molar-refractivity contribution in [1.82, 2.24) is 0 Å². The van der Waals surface area contributed by atoms with Crippen molar-refractivity contribution >= 4 is 5.78 Å². The summed E-state index contributed by atoms with van der Waals surface area (Å²) in [5.74, 6) is 4.35. The third-order valence-corrected chi connectivity index (χ3v) is 6.27. The minimum Gasteiger partial charge on any atom is -0.299 e. The van der Waals surface area contributed by atoms with Crippen LogP contribution in [0, 0.1) is 35.0 Å². The monoisotopic (exact) mass is 272 g/mol. The third kappa shape index (κ3) is 1.88. The highest BCUT2D eigenvalue weighted by molar-refractivity contribution is 5.82. The number of terminal acetylenes is 1. The molecule has 3 unspecified atom stereocenters. The summed E-state index contributed by atoms with van der Waals surface area (Å²) in [5, 5.41) is 0. The van der Waals surface area contributed by atoms with Crippen molar-refractivity contribution in [3.8, 4) is 12.3 Å². The van der Waals surface area contributed by atoms with Crippen molar-refractivity contribution in [2.45, 2.75) is 66.2 Å². The molecule has 0 heterocycles. The normalized spacial score (nSPS) is 43.5. The maximum Gasteiger partial charge on any atom is 0.136 e. The smallest absolute Gasteiger partial charge is 0.136 e. The lowest BCUT2D eigenvalue weighted by Crippen LogP contribution is -2.50. The van der Waals surface area contributed by atoms with E-state index in [1.54, 1.807) is 0 Å². The van der Waals surface area contributed by atoms with Crippen LogP contribution >= 0.6 is 0 Å². The molecule has 0 aromatic heterocycles. The maximum atomic E-state index is 12.0. The van der Waals surface area contributed by atoms with Crippen molar-refractivity contribution in [2.24, 2.45) is 22.7 Å². The summed E-state index contributed by atoms with van der Waals surface area (Å²) in [6.07, 6.45) is 15.9. The SMILES string of the molecule is C.C#CC12CCCC=C1C1(C)CCC(=O)C(C)[C@@H]1CC2. The van der Waals surface area contributed by atoms with Gasteiger partial charge in [0.1, 0.15) is 5.78 Å². The van der Waals surface area contributed by atoms with Gasteiger partial charge in [-0.25, -0.2) is 0 Å². The Morgan fingerprint density at radius 1 is 1.35 bits per heavy atom. The molecule has 0 aromatic carbocycles. The minimum atomic E-state index is 0. The molecule has 0 aliphatic heterocycles. The fourth-order valence-electron chi connectivity index (χ4n) is 5.12. The van der Waals surface area contributed by atoms with E-state index in [0.29, 0.717) is 11.7 Å². The Morgan fingerprint density at radius 2 is 2.10 bits per heavy atom. The van der Waals surface area contributed by atoms with Gasteiger partial charge in [-0.2, -0.15) is 0 Å². The Kier molecular flexibility index (Phi) is 3.89. The zero-order valence-corrected chi connectivity index (χ0v) is 12.2. The van der Waals surface area contributed by atoms with E-state index in [-0.39, 0.29) is 24.2 Å². The van der Waals surface area contributed by atoms with E-state index in [1.807, 2.05) is 0 Å². The van der Waals surface area contributed by atoms with E-state index >= 15 is 0 Å². The van der Waals surface area contributed by atoms with Gasteiger partial charge in [0.05, 0.1) is 5.41 Å². The number of hydrogen-bond donors (Lipinski definition) is 0. The quantitative estimate of drug-likeness (QED) is 0.458. The Hall–Kier alpha value is -1.03. The first-order chi connectivity index (χ1) is 9.03. The molecule has 0 bridgehead atoms. The van der Waals surface area contributed by atoms with Crippen LogP contribution in [0.5, 0.6) is 0 Å². The Bertz CT molecular complexity index is 480. The first-order valence-electron chi connectivity index (χ1n) is 7.75. The summed E-state index contributed by atoms with van der Waals surface area (Å²) in [6.45, 7) is 4.51. The van der Waals surface area contributed by atoms with Crippen LogP contribution < -0.4 is 0 Å². The number of fused-ring (bicyclic) bond motifs is 3. The lowest BCUT2D eigenvalue weighted by atomic mass is 9.47.